The molecule has 3 rings (SSSR count). The largest absolute Gasteiger partial charge is 0.437 e. The maximum Gasteiger partial charge on any atom is 0.200 e. The highest BCUT2D eigenvalue weighted by Crippen LogP contribution is 2.29. The van der Waals surface area contributed by atoms with E-state index in [4.69, 9.17) is 4.42 Å². The quantitative estimate of drug-likeness (QED) is 0.848. The molecule has 96 valence electrons. The molecule has 1 aromatic heterocycles. The molecule has 2 aromatic rings. The van der Waals surface area contributed by atoms with E-state index in [9.17, 15) is 8.78 Å². The summed E-state index contributed by atoms with van der Waals surface area (Å²) in [6, 6.07) is 2.50. The van der Waals surface area contributed by atoms with Gasteiger partial charge < -0.3 is 9.73 Å². The fourth-order valence-corrected chi connectivity index (χ4v) is 2.36. The number of nitrogens with one attached hydrogen (secondary N) is 1. The first kappa shape index (κ1) is 11.6. The van der Waals surface area contributed by atoms with Crippen LogP contribution < -0.4 is 5.32 Å². The average Bonchev–Trinajstić information content (AvgIpc) is 2.74. The number of aromatic nitrogens is 1. The molecular formula is C13H14F2N2O. The monoisotopic (exact) mass is 252 g/mol. The van der Waals surface area contributed by atoms with Gasteiger partial charge in [-0.15, -0.1) is 0 Å². The van der Waals surface area contributed by atoms with Crippen LogP contribution in [0.25, 0.3) is 11.1 Å². The number of fused-ring (bicyclic) bond motifs is 1. The SMILES string of the molecule is C[C@@H]1CCC(c2nc3cc(F)cc(F)c3o2)CN1. The summed E-state index contributed by atoms with van der Waals surface area (Å²) in [4.78, 5) is 4.20. The van der Waals surface area contributed by atoms with Crippen molar-refractivity contribution < 1.29 is 13.2 Å². The fourth-order valence-electron chi connectivity index (χ4n) is 2.36. The van der Waals surface area contributed by atoms with Gasteiger partial charge in [-0.05, 0) is 19.8 Å². The van der Waals surface area contributed by atoms with E-state index in [1.807, 2.05) is 0 Å². The zero-order valence-corrected chi connectivity index (χ0v) is 10.0. The summed E-state index contributed by atoms with van der Waals surface area (Å²) in [5.41, 5.74) is 0.297. The number of hydrogen-bond acceptors (Lipinski definition) is 3. The zero-order chi connectivity index (χ0) is 12.7. The third kappa shape index (κ3) is 1.99. The minimum absolute atomic E-state index is 0.0463. The van der Waals surface area contributed by atoms with Crippen molar-refractivity contribution in [2.75, 3.05) is 6.54 Å². The van der Waals surface area contributed by atoms with Crippen molar-refractivity contribution in [3.8, 4) is 0 Å². The molecule has 3 nitrogen and oxygen atoms in total. The second kappa shape index (κ2) is 4.31. The third-order valence-corrected chi connectivity index (χ3v) is 3.44. The molecule has 0 radical (unpaired) electrons. The van der Waals surface area contributed by atoms with E-state index in [0.717, 1.165) is 25.5 Å². The minimum Gasteiger partial charge on any atom is -0.437 e. The maximum absolute atomic E-state index is 13.5. The van der Waals surface area contributed by atoms with Crippen LogP contribution in [-0.4, -0.2) is 17.6 Å². The van der Waals surface area contributed by atoms with Crippen molar-refractivity contribution in [2.45, 2.75) is 31.7 Å². The Bertz CT molecular complexity index is 574. The van der Waals surface area contributed by atoms with E-state index >= 15 is 0 Å². The lowest BCUT2D eigenvalue weighted by atomic mass is 9.95. The van der Waals surface area contributed by atoms with Crippen molar-refractivity contribution >= 4 is 11.1 Å². The lowest BCUT2D eigenvalue weighted by Crippen LogP contribution is -2.35. The molecular weight excluding hydrogens is 238 g/mol. The van der Waals surface area contributed by atoms with Crippen LogP contribution >= 0.6 is 0 Å². The van der Waals surface area contributed by atoms with E-state index in [0.29, 0.717) is 11.9 Å². The molecule has 0 bridgehead atoms. The Morgan fingerprint density at radius 2 is 2.17 bits per heavy atom. The van der Waals surface area contributed by atoms with Crippen LogP contribution in [-0.2, 0) is 0 Å². The zero-order valence-electron chi connectivity index (χ0n) is 10.0. The van der Waals surface area contributed by atoms with Crippen LogP contribution in [0, 0.1) is 11.6 Å². The molecule has 0 aliphatic carbocycles. The van der Waals surface area contributed by atoms with Crippen LogP contribution in [0.15, 0.2) is 16.5 Å². The maximum atomic E-state index is 13.5. The van der Waals surface area contributed by atoms with Crippen molar-refractivity contribution in [2.24, 2.45) is 0 Å². The number of halogens is 2. The number of benzene rings is 1. The number of oxazole rings is 1. The summed E-state index contributed by atoms with van der Waals surface area (Å²) in [5, 5.41) is 3.33. The van der Waals surface area contributed by atoms with E-state index in [1.54, 1.807) is 0 Å². The number of hydrogen-bond donors (Lipinski definition) is 1. The molecule has 0 spiro atoms. The molecule has 1 N–H and O–H groups in total. The Balaban J connectivity index is 1.96. The molecule has 1 aliphatic heterocycles. The molecule has 1 saturated heterocycles. The van der Waals surface area contributed by atoms with Gasteiger partial charge in [0.25, 0.3) is 0 Å². The highest BCUT2D eigenvalue weighted by atomic mass is 19.1. The molecule has 5 heteroatoms. The third-order valence-electron chi connectivity index (χ3n) is 3.44. The Morgan fingerprint density at radius 3 is 2.89 bits per heavy atom. The lowest BCUT2D eigenvalue weighted by Gasteiger charge is -2.25. The van der Waals surface area contributed by atoms with Crippen LogP contribution in [0.5, 0.6) is 0 Å². The van der Waals surface area contributed by atoms with Gasteiger partial charge in [-0.2, -0.15) is 0 Å². The Morgan fingerprint density at radius 1 is 1.33 bits per heavy atom. The first-order valence-electron chi connectivity index (χ1n) is 6.12. The molecule has 2 heterocycles. The number of piperidine rings is 1. The molecule has 18 heavy (non-hydrogen) atoms. The summed E-state index contributed by atoms with van der Waals surface area (Å²) in [7, 11) is 0. The van der Waals surface area contributed by atoms with Crippen molar-refractivity contribution in [1.82, 2.24) is 10.3 Å². The Hall–Kier alpha value is -1.49. The first-order valence-corrected chi connectivity index (χ1v) is 6.12. The lowest BCUT2D eigenvalue weighted by molar-refractivity contribution is 0.340. The molecule has 1 unspecified atom stereocenters. The van der Waals surface area contributed by atoms with Crippen LogP contribution in [0.3, 0.4) is 0 Å². The van der Waals surface area contributed by atoms with Gasteiger partial charge in [-0.1, -0.05) is 0 Å². The van der Waals surface area contributed by atoms with Gasteiger partial charge in [0.05, 0.1) is 0 Å². The summed E-state index contributed by atoms with van der Waals surface area (Å²) in [5.74, 6) is -0.693. The molecule has 1 aromatic carbocycles. The van der Waals surface area contributed by atoms with Gasteiger partial charge in [0, 0.05) is 30.6 Å². The minimum atomic E-state index is -0.694. The number of nitrogens with zero attached hydrogens (tertiary/aromatic N) is 1. The topological polar surface area (TPSA) is 38.1 Å². The van der Waals surface area contributed by atoms with Crippen molar-refractivity contribution in [3.63, 3.8) is 0 Å². The predicted octanol–water partition coefficient (Wildman–Crippen LogP) is 2.96. The average molecular weight is 252 g/mol. The summed E-state index contributed by atoms with van der Waals surface area (Å²) >= 11 is 0. The molecule has 1 fully saturated rings. The standard InChI is InChI=1S/C13H14F2N2O/c1-7-2-3-8(6-16-7)13-17-11-5-9(14)4-10(15)12(11)18-13/h4-5,7-8,16H,2-3,6H2,1H3/t7-,8?/m1/s1. The fraction of sp³-hybridized carbons (Fsp3) is 0.462. The number of rotatable bonds is 1. The van der Waals surface area contributed by atoms with Crippen LogP contribution in [0.1, 0.15) is 31.6 Å². The highest BCUT2D eigenvalue weighted by molar-refractivity contribution is 5.73. The normalized spacial score (nSPS) is 24.6. The molecule has 1 aliphatic rings. The van der Waals surface area contributed by atoms with Gasteiger partial charge in [0.15, 0.2) is 17.3 Å². The van der Waals surface area contributed by atoms with Gasteiger partial charge in [-0.3, -0.25) is 0 Å². The van der Waals surface area contributed by atoms with Crippen molar-refractivity contribution in [3.05, 3.63) is 29.7 Å². The van der Waals surface area contributed by atoms with Gasteiger partial charge in [-0.25, -0.2) is 13.8 Å². The van der Waals surface area contributed by atoms with E-state index in [2.05, 4.69) is 17.2 Å². The van der Waals surface area contributed by atoms with Crippen molar-refractivity contribution in [1.29, 1.82) is 0 Å². The van der Waals surface area contributed by atoms with Crippen LogP contribution in [0.4, 0.5) is 8.78 Å². The smallest absolute Gasteiger partial charge is 0.200 e. The molecule has 0 saturated carbocycles. The summed E-state index contributed by atoms with van der Waals surface area (Å²) < 4.78 is 32.0. The highest BCUT2D eigenvalue weighted by Gasteiger charge is 2.24. The van der Waals surface area contributed by atoms with Gasteiger partial charge >= 0.3 is 0 Å². The second-order valence-corrected chi connectivity index (χ2v) is 4.87. The van der Waals surface area contributed by atoms with Crippen LogP contribution in [0.2, 0.25) is 0 Å². The molecule has 2 atom stereocenters. The van der Waals surface area contributed by atoms with E-state index in [-0.39, 0.29) is 17.0 Å². The van der Waals surface area contributed by atoms with Gasteiger partial charge in [0.1, 0.15) is 11.3 Å². The molecule has 0 amide bonds. The first-order chi connectivity index (χ1) is 8.63. The second-order valence-electron chi connectivity index (χ2n) is 4.87. The Labute approximate surface area is 103 Å². The summed E-state index contributed by atoms with van der Waals surface area (Å²) in [6.45, 7) is 2.88. The van der Waals surface area contributed by atoms with Gasteiger partial charge in [0.2, 0.25) is 0 Å². The van der Waals surface area contributed by atoms with E-state index in [1.165, 1.54) is 6.07 Å². The predicted molar refractivity (Wildman–Crippen MR) is 63.4 cm³/mol. The van der Waals surface area contributed by atoms with E-state index < -0.39 is 11.6 Å². The Kier molecular flexibility index (Phi) is 2.78. The summed E-state index contributed by atoms with van der Waals surface area (Å²) in [6.07, 6.45) is 1.98.